The van der Waals surface area contributed by atoms with E-state index >= 15 is 0 Å². The molecule has 0 spiro atoms. The van der Waals surface area contributed by atoms with Gasteiger partial charge in [-0.05, 0) is 0 Å². The van der Waals surface area contributed by atoms with E-state index < -0.39 is 11.8 Å². The molecule has 3 N–H and O–H groups in total. The fraction of sp³-hybridized carbons (Fsp3) is 0.300. The van der Waals surface area contributed by atoms with Crippen LogP contribution >= 0.6 is 0 Å². The fourth-order valence-electron chi connectivity index (χ4n) is 1.53. The number of rotatable bonds is 2. The van der Waals surface area contributed by atoms with Crippen molar-refractivity contribution in [3.8, 4) is 0 Å². The summed E-state index contributed by atoms with van der Waals surface area (Å²) in [6, 6.07) is 0.547. The van der Waals surface area contributed by atoms with Crippen LogP contribution in [0.1, 0.15) is 12.0 Å². The van der Waals surface area contributed by atoms with Crippen molar-refractivity contribution in [1.82, 2.24) is 10.3 Å². The highest BCUT2D eigenvalue weighted by Crippen LogP contribution is 2.17. The Morgan fingerprint density at radius 3 is 2.88 bits per heavy atom. The number of hydrogen-bond acceptors (Lipinski definition) is 4. The van der Waals surface area contributed by atoms with Gasteiger partial charge in [-0.25, -0.2) is 14.2 Å². The molecule has 3 amide bonds. The van der Waals surface area contributed by atoms with Gasteiger partial charge in [-0.1, -0.05) is 0 Å². The molecule has 0 bridgehead atoms. The van der Waals surface area contributed by atoms with Crippen LogP contribution in [0.15, 0.2) is 12.3 Å². The summed E-state index contributed by atoms with van der Waals surface area (Å²) in [6.07, 6.45) is 1.46. The maximum Gasteiger partial charge on any atom is 0.329 e. The summed E-state index contributed by atoms with van der Waals surface area (Å²) in [5.74, 6) is -0.683. The standard InChI is InChI=1S/C10H11FN4O2/c11-7-3-8(13-5-6(7)4-12)15-2-1-9(16)14-10(15)17/h3,5H,1-2,4,12H2,(H,14,16,17). The number of hydrogen-bond donors (Lipinski definition) is 2. The highest BCUT2D eigenvalue weighted by atomic mass is 19.1. The van der Waals surface area contributed by atoms with Crippen LogP contribution in [0.2, 0.25) is 0 Å². The van der Waals surface area contributed by atoms with Crippen LogP contribution in [0.4, 0.5) is 15.0 Å². The summed E-state index contributed by atoms with van der Waals surface area (Å²) in [6.45, 7) is 0.239. The number of nitrogens with two attached hydrogens (primary N) is 1. The van der Waals surface area contributed by atoms with E-state index in [1.165, 1.54) is 11.1 Å². The molecule has 0 atom stereocenters. The lowest BCUT2D eigenvalue weighted by atomic mass is 10.2. The maximum atomic E-state index is 13.5. The molecule has 1 aliphatic rings. The minimum absolute atomic E-state index is 0.0454. The van der Waals surface area contributed by atoms with Crippen LogP contribution in [0.25, 0.3) is 0 Å². The average Bonchev–Trinajstić information content (AvgIpc) is 2.29. The monoisotopic (exact) mass is 238 g/mol. The SMILES string of the molecule is NCc1cnc(N2CCC(=O)NC2=O)cc1F. The lowest BCUT2D eigenvalue weighted by Crippen LogP contribution is -2.49. The van der Waals surface area contributed by atoms with E-state index in [1.54, 1.807) is 0 Å². The number of amides is 3. The van der Waals surface area contributed by atoms with E-state index in [0.717, 1.165) is 6.07 Å². The van der Waals surface area contributed by atoms with Crippen LogP contribution in [0.5, 0.6) is 0 Å². The number of anilines is 1. The van der Waals surface area contributed by atoms with Crippen molar-refractivity contribution in [3.63, 3.8) is 0 Å². The molecule has 7 heteroatoms. The third kappa shape index (κ3) is 2.23. The number of carbonyl (C=O) groups is 2. The van der Waals surface area contributed by atoms with Gasteiger partial charge in [0.15, 0.2) is 0 Å². The number of nitrogens with zero attached hydrogens (tertiary/aromatic N) is 2. The Balaban J connectivity index is 2.25. The number of pyridine rings is 1. The van der Waals surface area contributed by atoms with E-state index in [-0.39, 0.29) is 36.8 Å². The predicted molar refractivity (Wildman–Crippen MR) is 57.6 cm³/mol. The summed E-state index contributed by atoms with van der Waals surface area (Å²) in [5.41, 5.74) is 5.59. The third-order valence-corrected chi connectivity index (χ3v) is 2.47. The Kier molecular flexibility index (Phi) is 3.01. The molecule has 2 rings (SSSR count). The molecule has 17 heavy (non-hydrogen) atoms. The lowest BCUT2D eigenvalue weighted by molar-refractivity contribution is -0.120. The van der Waals surface area contributed by atoms with Crippen molar-refractivity contribution in [2.45, 2.75) is 13.0 Å². The van der Waals surface area contributed by atoms with Gasteiger partial charge in [0.2, 0.25) is 5.91 Å². The molecule has 90 valence electrons. The summed E-state index contributed by atoms with van der Waals surface area (Å²) in [7, 11) is 0. The van der Waals surface area contributed by atoms with E-state index in [2.05, 4.69) is 10.3 Å². The summed E-state index contributed by atoms with van der Waals surface area (Å²) in [5, 5.41) is 2.14. The smallest absolute Gasteiger partial charge is 0.326 e. The molecule has 1 aromatic heterocycles. The van der Waals surface area contributed by atoms with Crippen molar-refractivity contribution in [2.75, 3.05) is 11.4 Å². The molecule has 0 aromatic carbocycles. The van der Waals surface area contributed by atoms with Crippen LogP contribution < -0.4 is 16.0 Å². The normalized spacial score (nSPS) is 16.0. The molecule has 0 unspecified atom stereocenters. The van der Waals surface area contributed by atoms with Crippen molar-refractivity contribution in [2.24, 2.45) is 5.73 Å². The summed E-state index contributed by atoms with van der Waals surface area (Å²) >= 11 is 0. The van der Waals surface area contributed by atoms with Gasteiger partial charge in [0.05, 0.1) is 0 Å². The summed E-state index contributed by atoms with van der Waals surface area (Å²) < 4.78 is 13.5. The first-order valence-electron chi connectivity index (χ1n) is 5.07. The van der Waals surface area contributed by atoms with Gasteiger partial charge in [-0.2, -0.15) is 0 Å². The quantitative estimate of drug-likeness (QED) is 0.766. The number of nitrogens with one attached hydrogen (secondary N) is 1. The van der Waals surface area contributed by atoms with Gasteiger partial charge in [-0.15, -0.1) is 0 Å². The molecule has 1 fully saturated rings. The van der Waals surface area contributed by atoms with Crippen LogP contribution in [0.3, 0.4) is 0 Å². The molecule has 6 nitrogen and oxygen atoms in total. The van der Waals surface area contributed by atoms with Gasteiger partial charge in [0.1, 0.15) is 11.6 Å². The minimum Gasteiger partial charge on any atom is -0.326 e. The minimum atomic E-state index is -0.589. The topological polar surface area (TPSA) is 88.3 Å². The first kappa shape index (κ1) is 11.5. The Labute approximate surface area is 96.6 Å². The zero-order valence-electron chi connectivity index (χ0n) is 8.94. The van der Waals surface area contributed by atoms with Gasteiger partial charge >= 0.3 is 6.03 Å². The molecule has 0 radical (unpaired) electrons. The number of carbonyl (C=O) groups excluding carboxylic acids is 2. The molecule has 1 aromatic rings. The first-order valence-corrected chi connectivity index (χ1v) is 5.07. The van der Waals surface area contributed by atoms with Crippen molar-refractivity contribution < 1.29 is 14.0 Å². The Hall–Kier alpha value is -2.02. The Morgan fingerprint density at radius 1 is 1.53 bits per heavy atom. The second-order valence-electron chi connectivity index (χ2n) is 3.59. The highest BCUT2D eigenvalue weighted by Gasteiger charge is 2.25. The van der Waals surface area contributed by atoms with Gasteiger partial charge in [0.25, 0.3) is 0 Å². The molecule has 2 heterocycles. The third-order valence-electron chi connectivity index (χ3n) is 2.47. The average molecular weight is 238 g/mol. The number of aromatic nitrogens is 1. The van der Waals surface area contributed by atoms with Gasteiger partial charge in [0, 0.05) is 37.3 Å². The van der Waals surface area contributed by atoms with Gasteiger partial charge in [-0.3, -0.25) is 15.0 Å². The molecule has 1 aliphatic heterocycles. The largest absolute Gasteiger partial charge is 0.329 e. The zero-order chi connectivity index (χ0) is 12.4. The van der Waals surface area contributed by atoms with Crippen molar-refractivity contribution in [3.05, 3.63) is 23.6 Å². The van der Waals surface area contributed by atoms with Crippen LogP contribution in [-0.4, -0.2) is 23.5 Å². The Bertz CT molecular complexity index is 477. The molecular formula is C10H11FN4O2. The number of imide groups is 1. The number of urea groups is 1. The van der Waals surface area contributed by atoms with E-state index in [1.807, 2.05) is 0 Å². The number of halogens is 1. The molecular weight excluding hydrogens is 227 g/mol. The molecule has 0 aliphatic carbocycles. The maximum absolute atomic E-state index is 13.5. The van der Waals surface area contributed by atoms with Crippen molar-refractivity contribution >= 4 is 17.8 Å². The highest BCUT2D eigenvalue weighted by molar-refractivity contribution is 6.05. The molecule has 1 saturated heterocycles. The van der Waals surface area contributed by atoms with Crippen molar-refractivity contribution in [1.29, 1.82) is 0 Å². The fourth-order valence-corrected chi connectivity index (χ4v) is 1.53. The first-order chi connectivity index (χ1) is 8.11. The Morgan fingerprint density at radius 2 is 2.29 bits per heavy atom. The zero-order valence-corrected chi connectivity index (χ0v) is 8.94. The van der Waals surface area contributed by atoms with Crippen LogP contribution in [-0.2, 0) is 11.3 Å². The molecule has 0 saturated carbocycles. The van der Waals surface area contributed by atoms with Crippen LogP contribution in [0, 0.1) is 5.82 Å². The predicted octanol–water partition coefficient (Wildman–Crippen LogP) is 0.126. The van der Waals surface area contributed by atoms with E-state index in [9.17, 15) is 14.0 Å². The lowest BCUT2D eigenvalue weighted by Gasteiger charge is -2.25. The second-order valence-corrected chi connectivity index (χ2v) is 3.59. The van der Waals surface area contributed by atoms with Gasteiger partial charge < -0.3 is 5.73 Å². The summed E-state index contributed by atoms with van der Waals surface area (Å²) in [4.78, 5) is 27.6. The van der Waals surface area contributed by atoms with E-state index in [0.29, 0.717) is 0 Å². The second kappa shape index (κ2) is 4.46. The van der Waals surface area contributed by atoms with E-state index in [4.69, 9.17) is 5.73 Å².